The number of amides is 1. The van der Waals surface area contributed by atoms with Gasteiger partial charge in [0.15, 0.2) is 0 Å². The number of aromatic nitrogens is 1. The van der Waals surface area contributed by atoms with Crippen molar-refractivity contribution in [2.45, 2.75) is 31.3 Å². The van der Waals surface area contributed by atoms with Crippen LogP contribution in [0.25, 0.3) is 0 Å². The fourth-order valence-electron chi connectivity index (χ4n) is 2.36. The molecular formula is C12H13F3N2O4. The summed E-state index contributed by atoms with van der Waals surface area (Å²) in [4.78, 5) is 24.2. The molecule has 116 valence electrons. The van der Waals surface area contributed by atoms with Crippen LogP contribution in [0.1, 0.15) is 16.9 Å². The van der Waals surface area contributed by atoms with Gasteiger partial charge in [-0.15, -0.1) is 0 Å². The SMILES string of the molecule is O=C(O)C1CC(O)CN1C(=O)c1cccn1CC(F)(F)F. The second-order valence-corrected chi connectivity index (χ2v) is 4.84. The van der Waals surface area contributed by atoms with E-state index in [0.29, 0.717) is 4.57 Å². The Kier molecular flexibility index (Phi) is 3.95. The lowest BCUT2D eigenvalue weighted by Crippen LogP contribution is -2.41. The second kappa shape index (κ2) is 5.40. The maximum absolute atomic E-state index is 12.4. The number of hydrogen-bond acceptors (Lipinski definition) is 3. The van der Waals surface area contributed by atoms with Gasteiger partial charge in [0.25, 0.3) is 5.91 Å². The summed E-state index contributed by atoms with van der Waals surface area (Å²) < 4.78 is 38.0. The molecule has 2 rings (SSSR count). The van der Waals surface area contributed by atoms with Crippen LogP contribution in [0.5, 0.6) is 0 Å². The van der Waals surface area contributed by atoms with Crippen LogP contribution in [0.3, 0.4) is 0 Å². The van der Waals surface area contributed by atoms with Crippen LogP contribution in [0.15, 0.2) is 18.3 Å². The van der Waals surface area contributed by atoms with Crippen molar-refractivity contribution in [1.29, 1.82) is 0 Å². The van der Waals surface area contributed by atoms with Gasteiger partial charge in [-0.25, -0.2) is 4.79 Å². The Labute approximate surface area is 117 Å². The molecule has 1 amide bonds. The van der Waals surface area contributed by atoms with E-state index < -0.39 is 36.7 Å². The van der Waals surface area contributed by atoms with E-state index in [1.807, 2.05) is 0 Å². The third kappa shape index (κ3) is 3.35. The van der Waals surface area contributed by atoms with Gasteiger partial charge in [0.2, 0.25) is 0 Å². The molecule has 1 saturated heterocycles. The summed E-state index contributed by atoms with van der Waals surface area (Å²) >= 11 is 0. The van der Waals surface area contributed by atoms with Crippen LogP contribution in [0, 0.1) is 0 Å². The van der Waals surface area contributed by atoms with Crippen molar-refractivity contribution in [3.63, 3.8) is 0 Å². The van der Waals surface area contributed by atoms with Crippen molar-refractivity contribution in [1.82, 2.24) is 9.47 Å². The molecule has 1 aliphatic heterocycles. The molecule has 9 heteroatoms. The van der Waals surface area contributed by atoms with Gasteiger partial charge in [-0.1, -0.05) is 0 Å². The first-order valence-corrected chi connectivity index (χ1v) is 6.13. The molecule has 1 fully saturated rings. The number of carboxylic acid groups (broad SMARTS) is 1. The Morgan fingerprint density at radius 1 is 1.38 bits per heavy atom. The van der Waals surface area contributed by atoms with E-state index in [1.54, 1.807) is 0 Å². The first-order valence-electron chi connectivity index (χ1n) is 6.13. The zero-order chi connectivity index (χ0) is 15.8. The minimum atomic E-state index is -4.50. The van der Waals surface area contributed by atoms with Crippen molar-refractivity contribution >= 4 is 11.9 Å². The number of β-amino-alcohol motifs (C(OH)–C–C–N with tert-alkyl or cyclic N) is 1. The zero-order valence-electron chi connectivity index (χ0n) is 10.7. The number of aliphatic hydroxyl groups is 1. The number of likely N-dealkylation sites (tertiary alicyclic amines) is 1. The Hall–Kier alpha value is -2.03. The van der Waals surface area contributed by atoms with E-state index in [0.717, 1.165) is 11.1 Å². The van der Waals surface area contributed by atoms with Crippen LogP contribution >= 0.6 is 0 Å². The van der Waals surface area contributed by atoms with Crippen molar-refractivity contribution in [2.75, 3.05) is 6.54 Å². The number of carboxylic acids is 1. The number of rotatable bonds is 3. The van der Waals surface area contributed by atoms with Gasteiger partial charge in [-0.05, 0) is 12.1 Å². The fourth-order valence-corrected chi connectivity index (χ4v) is 2.36. The van der Waals surface area contributed by atoms with Gasteiger partial charge in [-0.3, -0.25) is 4.79 Å². The standard InChI is InChI=1S/C12H13F3N2O4/c13-12(14,15)6-16-3-1-2-8(16)10(19)17-5-7(18)4-9(17)11(20)21/h1-3,7,9,18H,4-6H2,(H,20,21). The fraction of sp³-hybridized carbons (Fsp3) is 0.500. The molecule has 1 aliphatic rings. The van der Waals surface area contributed by atoms with Crippen LogP contribution in [-0.4, -0.2) is 56.4 Å². The molecule has 0 saturated carbocycles. The van der Waals surface area contributed by atoms with Crippen molar-refractivity contribution < 1.29 is 33.0 Å². The Morgan fingerprint density at radius 3 is 2.62 bits per heavy atom. The summed E-state index contributed by atoms with van der Waals surface area (Å²) in [5.41, 5.74) is -0.257. The molecule has 21 heavy (non-hydrogen) atoms. The maximum Gasteiger partial charge on any atom is 0.406 e. The molecule has 2 heterocycles. The lowest BCUT2D eigenvalue weighted by molar-refractivity contribution is -0.142. The summed E-state index contributed by atoms with van der Waals surface area (Å²) in [6, 6.07) is 1.24. The first-order chi connectivity index (χ1) is 9.69. The average molecular weight is 306 g/mol. The Balaban J connectivity index is 2.24. The summed E-state index contributed by atoms with van der Waals surface area (Å²) in [7, 11) is 0. The highest BCUT2D eigenvalue weighted by molar-refractivity contribution is 5.95. The van der Waals surface area contributed by atoms with E-state index in [9.17, 15) is 27.9 Å². The van der Waals surface area contributed by atoms with Gasteiger partial charge in [0, 0.05) is 19.2 Å². The number of alkyl halides is 3. The van der Waals surface area contributed by atoms with Crippen molar-refractivity contribution in [3.05, 3.63) is 24.0 Å². The maximum atomic E-state index is 12.4. The molecule has 0 aromatic carbocycles. The Bertz CT molecular complexity index is 555. The molecule has 0 bridgehead atoms. The molecule has 0 radical (unpaired) electrons. The number of hydrogen-bond donors (Lipinski definition) is 2. The zero-order valence-corrected chi connectivity index (χ0v) is 10.7. The van der Waals surface area contributed by atoms with Gasteiger partial charge in [0.05, 0.1) is 6.10 Å². The minimum absolute atomic E-state index is 0.138. The number of halogens is 3. The third-order valence-corrected chi connectivity index (χ3v) is 3.22. The molecular weight excluding hydrogens is 293 g/mol. The minimum Gasteiger partial charge on any atom is -0.480 e. The van der Waals surface area contributed by atoms with Crippen molar-refractivity contribution in [2.24, 2.45) is 0 Å². The molecule has 2 N–H and O–H groups in total. The van der Waals surface area contributed by atoms with Crippen LogP contribution in [0.2, 0.25) is 0 Å². The number of aliphatic hydroxyl groups excluding tert-OH is 1. The molecule has 0 spiro atoms. The lowest BCUT2D eigenvalue weighted by Gasteiger charge is -2.22. The van der Waals surface area contributed by atoms with E-state index in [1.165, 1.54) is 12.1 Å². The summed E-state index contributed by atoms with van der Waals surface area (Å²) in [5, 5.41) is 18.5. The summed E-state index contributed by atoms with van der Waals surface area (Å²) in [6.45, 7) is -1.55. The highest BCUT2D eigenvalue weighted by Gasteiger charge is 2.40. The second-order valence-electron chi connectivity index (χ2n) is 4.84. The van der Waals surface area contributed by atoms with E-state index in [4.69, 9.17) is 5.11 Å². The van der Waals surface area contributed by atoms with Crippen LogP contribution in [0.4, 0.5) is 13.2 Å². The molecule has 6 nitrogen and oxygen atoms in total. The highest BCUT2D eigenvalue weighted by Crippen LogP contribution is 2.23. The normalized spacial score (nSPS) is 22.6. The largest absolute Gasteiger partial charge is 0.480 e. The van der Waals surface area contributed by atoms with Gasteiger partial charge >= 0.3 is 12.1 Å². The number of carbonyl (C=O) groups excluding carboxylic acids is 1. The quantitative estimate of drug-likeness (QED) is 0.861. The van der Waals surface area contributed by atoms with E-state index in [2.05, 4.69) is 0 Å². The van der Waals surface area contributed by atoms with Gasteiger partial charge in [-0.2, -0.15) is 13.2 Å². The molecule has 2 atom stereocenters. The molecule has 0 aliphatic carbocycles. The predicted molar refractivity (Wildman–Crippen MR) is 63.6 cm³/mol. The highest BCUT2D eigenvalue weighted by atomic mass is 19.4. The summed E-state index contributed by atoms with van der Waals surface area (Å²) in [5.74, 6) is -2.14. The first kappa shape index (κ1) is 15.4. The van der Waals surface area contributed by atoms with Crippen LogP contribution < -0.4 is 0 Å². The number of nitrogens with zero attached hydrogens (tertiary/aromatic N) is 2. The van der Waals surface area contributed by atoms with Gasteiger partial charge in [0.1, 0.15) is 18.3 Å². The lowest BCUT2D eigenvalue weighted by atomic mass is 10.2. The topological polar surface area (TPSA) is 82.8 Å². The number of carbonyl (C=O) groups is 2. The van der Waals surface area contributed by atoms with Crippen LogP contribution in [-0.2, 0) is 11.3 Å². The molecule has 1 aromatic rings. The monoisotopic (exact) mass is 306 g/mol. The van der Waals surface area contributed by atoms with Crippen molar-refractivity contribution in [3.8, 4) is 0 Å². The Morgan fingerprint density at radius 2 is 2.05 bits per heavy atom. The number of aliphatic carboxylic acids is 1. The summed E-state index contributed by atoms with van der Waals surface area (Å²) in [6.07, 6.45) is -4.53. The van der Waals surface area contributed by atoms with E-state index >= 15 is 0 Å². The van der Waals surface area contributed by atoms with E-state index in [-0.39, 0.29) is 18.7 Å². The third-order valence-electron chi connectivity index (χ3n) is 3.22. The predicted octanol–water partition coefficient (Wildman–Crippen LogP) is 0.710. The average Bonchev–Trinajstić information content (AvgIpc) is 2.92. The molecule has 2 unspecified atom stereocenters. The van der Waals surface area contributed by atoms with Gasteiger partial charge < -0.3 is 19.7 Å². The smallest absolute Gasteiger partial charge is 0.406 e. The molecule has 1 aromatic heterocycles.